The molecule has 132 valence electrons. The molecule has 0 N–H and O–H groups in total. The van der Waals surface area contributed by atoms with Gasteiger partial charge in [-0.05, 0) is 72.4 Å². The highest BCUT2D eigenvalue weighted by molar-refractivity contribution is 8.00. The predicted molar refractivity (Wildman–Crippen MR) is 102 cm³/mol. The normalized spacial score (nSPS) is 14.2. The fourth-order valence-corrected chi connectivity index (χ4v) is 4.25. The number of rotatable bonds is 5. The summed E-state index contributed by atoms with van der Waals surface area (Å²) in [6.45, 7) is 3.93. The van der Waals surface area contributed by atoms with E-state index >= 15 is 0 Å². The van der Waals surface area contributed by atoms with E-state index in [1.165, 1.54) is 29.3 Å². The number of hydrogen-bond acceptors (Lipinski definition) is 5. The van der Waals surface area contributed by atoms with Crippen molar-refractivity contribution in [3.63, 3.8) is 0 Å². The zero-order chi connectivity index (χ0) is 18.1. The van der Waals surface area contributed by atoms with Crippen molar-refractivity contribution in [1.82, 2.24) is 20.2 Å². The Labute approximate surface area is 156 Å². The first-order valence-corrected chi connectivity index (χ1v) is 9.68. The number of hydrogen-bond donors (Lipinski definition) is 0. The molecule has 0 amide bonds. The molecular weight excluding hydrogens is 344 g/mol. The Balaban J connectivity index is 1.56. The van der Waals surface area contributed by atoms with E-state index in [1.807, 2.05) is 44.2 Å². The van der Waals surface area contributed by atoms with E-state index in [0.29, 0.717) is 5.16 Å². The molecule has 4 rings (SSSR count). The maximum absolute atomic E-state index is 12.9. The van der Waals surface area contributed by atoms with Crippen LogP contribution in [0.2, 0.25) is 0 Å². The van der Waals surface area contributed by atoms with Gasteiger partial charge in [0.2, 0.25) is 5.16 Å². The van der Waals surface area contributed by atoms with Crippen LogP contribution in [-0.2, 0) is 12.8 Å². The number of aromatic nitrogens is 4. The zero-order valence-corrected chi connectivity index (χ0v) is 15.7. The second-order valence-corrected chi connectivity index (χ2v) is 7.93. The number of ketones is 1. The number of carbonyl (C=O) groups excluding carboxylic acids is 1. The van der Waals surface area contributed by atoms with E-state index in [0.717, 1.165) is 29.7 Å². The van der Waals surface area contributed by atoms with Crippen molar-refractivity contribution < 1.29 is 4.79 Å². The molecule has 26 heavy (non-hydrogen) atoms. The number of Topliss-reactive ketones (excluding diaryl/α,β-unsaturated/α-hetero) is 1. The van der Waals surface area contributed by atoms with Gasteiger partial charge in [-0.3, -0.25) is 4.79 Å². The largest absolute Gasteiger partial charge is 0.293 e. The van der Waals surface area contributed by atoms with Gasteiger partial charge in [0.15, 0.2) is 5.78 Å². The Morgan fingerprint density at radius 2 is 1.96 bits per heavy atom. The van der Waals surface area contributed by atoms with E-state index in [-0.39, 0.29) is 11.0 Å². The summed E-state index contributed by atoms with van der Waals surface area (Å²) in [7, 11) is 0. The van der Waals surface area contributed by atoms with Gasteiger partial charge in [0.05, 0.1) is 10.9 Å². The molecule has 0 radical (unpaired) electrons. The topological polar surface area (TPSA) is 60.7 Å². The van der Waals surface area contributed by atoms with Crippen LogP contribution in [0.3, 0.4) is 0 Å². The van der Waals surface area contributed by atoms with Crippen molar-refractivity contribution >= 4 is 17.5 Å². The Morgan fingerprint density at radius 1 is 1.15 bits per heavy atom. The predicted octanol–water partition coefficient (Wildman–Crippen LogP) is 3.82. The van der Waals surface area contributed by atoms with Gasteiger partial charge in [0.1, 0.15) is 0 Å². The maximum atomic E-state index is 12.9. The third kappa shape index (κ3) is 3.17. The minimum absolute atomic E-state index is 0.115. The van der Waals surface area contributed by atoms with Crippen molar-refractivity contribution in [1.29, 1.82) is 0 Å². The highest BCUT2D eigenvalue weighted by Crippen LogP contribution is 2.28. The fraction of sp³-hybridized carbons (Fsp3) is 0.300. The molecule has 1 heterocycles. The monoisotopic (exact) mass is 364 g/mol. The van der Waals surface area contributed by atoms with Crippen LogP contribution in [0.4, 0.5) is 0 Å². The highest BCUT2D eigenvalue weighted by Gasteiger charge is 2.22. The standard InChI is InChI=1S/C20H20N4OS/c1-13-6-3-4-9-18(13)24-20(21-22-23-24)26-14(2)19(25)17-11-10-15-7-5-8-16(15)12-17/h3-4,6,9-12,14H,5,7-8H2,1-2H3/t14-/m0/s1. The molecule has 3 aromatic rings. The molecule has 1 aromatic heterocycles. The number of carbonyl (C=O) groups is 1. The van der Waals surface area contributed by atoms with Crippen molar-refractivity contribution in [2.45, 2.75) is 43.5 Å². The molecular formula is C20H20N4OS. The first kappa shape index (κ1) is 17.0. The van der Waals surface area contributed by atoms with Crippen LogP contribution in [0.15, 0.2) is 47.6 Å². The van der Waals surface area contributed by atoms with E-state index in [2.05, 4.69) is 27.7 Å². The molecule has 6 heteroatoms. The quantitative estimate of drug-likeness (QED) is 0.509. The maximum Gasteiger partial charge on any atom is 0.214 e. The van der Waals surface area contributed by atoms with E-state index in [1.54, 1.807) is 4.68 Å². The van der Waals surface area contributed by atoms with Gasteiger partial charge in [-0.25, -0.2) is 0 Å². The minimum Gasteiger partial charge on any atom is -0.293 e. The Morgan fingerprint density at radius 3 is 2.81 bits per heavy atom. The number of tetrazole rings is 1. The molecule has 0 bridgehead atoms. The summed E-state index contributed by atoms with van der Waals surface area (Å²) in [5.41, 5.74) is 5.49. The second-order valence-electron chi connectivity index (χ2n) is 6.62. The lowest BCUT2D eigenvalue weighted by molar-refractivity contribution is 0.0993. The van der Waals surface area contributed by atoms with Gasteiger partial charge in [-0.1, -0.05) is 42.1 Å². The average molecular weight is 364 g/mol. The molecule has 0 saturated carbocycles. The second kappa shape index (κ2) is 7.03. The molecule has 1 aliphatic carbocycles. The molecule has 2 aromatic carbocycles. The summed E-state index contributed by atoms with van der Waals surface area (Å²) in [6, 6.07) is 14.0. The van der Waals surface area contributed by atoms with Crippen LogP contribution >= 0.6 is 11.8 Å². The lowest BCUT2D eigenvalue weighted by atomic mass is 10.0. The summed E-state index contributed by atoms with van der Waals surface area (Å²) in [6.07, 6.45) is 3.38. The van der Waals surface area contributed by atoms with E-state index < -0.39 is 0 Å². The number of para-hydroxylation sites is 1. The van der Waals surface area contributed by atoms with Crippen LogP contribution in [0.25, 0.3) is 5.69 Å². The number of benzene rings is 2. The molecule has 5 nitrogen and oxygen atoms in total. The third-order valence-electron chi connectivity index (χ3n) is 4.82. The van der Waals surface area contributed by atoms with Crippen LogP contribution < -0.4 is 0 Å². The smallest absolute Gasteiger partial charge is 0.214 e. The lowest BCUT2D eigenvalue weighted by Crippen LogP contribution is -2.15. The molecule has 0 aliphatic heterocycles. The zero-order valence-electron chi connectivity index (χ0n) is 14.8. The van der Waals surface area contributed by atoms with Crippen molar-refractivity contribution in [2.75, 3.05) is 0 Å². The summed E-state index contributed by atoms with van der Waals surface area (Å²) in [5, 5.41) is 12.4. The minimum atomic E-state index is -0.261. The van der Waals surface area contributed by atoms with Crippen LogP contribution in [-0.4, -0.2) is 31.2 Å². The average Bonchev–Trinajstić information content (AvgIpc) is 3.30. The first-order valence-electron chi connectivity index (χ1n) is 8.80. The SMILES string of the molecule is Cc1ccccc1-n1nnnc1S[C@@H](C)C(=O)c1ccc2c(c1)CCC2. The number of thioether (sulfide) groups is 1. The van der Waals surface area contributed by atoms with E-state index in [9.17, 15) is 4.79 Å². The molecule has 0 spiro atoms. The van der Waals surface area contributed by atoms with Crippen molar-refractivity contribution in [3.8, 4) is 5.69 Å². The van der Waals surface area contributed by atoms with Gasteiger partial charge >= 0.3 is 0 Å². The van der Waals surface area contributed by atoms with Crippen molar-refractivity contribution in [2.24, 2.45) is 0 Å². The van der Waals surface area contributed by atoms with Gasteiger partial charge < -0.3 is 0 Å². The lowest BCUT2D eigenvalue weighted by Gasteiger charge is -2.12. The molecule has 0 unspecified atom stereocenters. The van der Waals surface area contributed by atoms with Crippen LogP contribution in [0.1, 0.15) is 40.4 Å². The summed E-state index contributed by atoms with van der Waals surface area (Å²) >= 11 is 1.39. The Bertz CT molecular complexity index is 966. The highest BCUT2D eigenvalue weighted by atomic mass is 32.2. The molecule has 0 saturated heterocycles. The van der Waals surface area contributed by atoms with Gasteiger partial charge in [-0.15, -0.1) is 5.10 Å². The van der Waals surface area contributed by atoms with Gasteiger partial charge in [0, 0.05) is 5.56 Å². The Kier molecular flexibility index (Phi) is 4.59. The fourth-order valence-electron chi connectivity index (χ4n) is 3.38. The number of nitrogens with zero attached hydrogens (tertiary/aromatic N) is 4. The summed E-state index contributed by atoms with van der Waals surface area (Å²) in [4.78, 5) is 12.9. The third-order valence-corrected chi connectivity index (χ3v) is 5.85. The summed E-state index contributed by atoms with van der Waals surface area (Å²) in [5.74, 6) is 0.115. The molecule has 1 atom stereocenters. The molecule has 1 aliphatic rings. The van der Waals surface area contributed by atoms with Crippen LogP contribution in [0, 0.1) is 6.92 Å². The Hall–Kier alpha value is -2.47. The molecule has 0 fully saturated rings. The van der Waals surface area contributed by atoms with Gasteiger partial charge in [0.25, 0.3) is 0 Å². The van der Waals surface area contributed by atoms with Gasteiger partial charge in [-0.2, -0.15) is 4.68 Å². The van der Waals surface area contributed by atoms with E-state index in [4.69, 9.17) is 0 Å². The van der Waals surface area contributed by atoms with Crippen LogP contribution in [0.5, 0.6) is 0 Å². The van der Waals surface area contributed by atoms with Crippen molar-refractivity contribution in [3.05, 3.63) is 64.7 Å². The number of fused-ring (bicyclic) bond motifs is 1. The number of aryl methyl sites for hydroxylation is 3. The first-order chi connectivity index (χ1) is 12.6. The summed E-state index contributed by atoms with van der Waals surface area (Å²) < 4.78 is 1.70.